The summed E-state index contributed by atoms with van der Waals surface area (Å²) in [6.45, 7) is 0.607. The molecule has 0 radical (unpaired) electrons. The second kappa shape index (κ2) is 8.46. The van der Waals surface area contributed by atoms with Crippen molar-refractivity contribution in [3.8, 4) is 0 Å². The van der Waals surface area contributed by atoms with E-state index in [0.29, 0.717) is 18.8 Å². The molecule has 0 fully saturated rings. The van der Waals surface area contributed by atoms with Crippen molar-refractivity contribution in [1.82, 2.24) is 9.71 Å². The summed E-state index contributed by atoms with van der Waals surface area (Å²) >= 11 is 5.84. The van der Waals surface area contributed by atoms with Gasteiger partial charge in [0.15, 0.2) is 0 Å². The molecule has 0 amide bonds. The van der Waals surface area contributed by atoms with Gasteiger partial charge in [0.25, 0.3) is 20.0 Å². The minimum absolute atomic E-state index is 0.0156. The SMILES string of the molecule is O=S(=O)(NC1=NCCCCC1)c1ccc(NS(=O)(=O)c2cccnc2Cl)cc1. The van der Waals surface area contributed by atoms with Crippen molar-refractivity contribution in [2.45, 2.75) is 35.5 Å². The minimum Gasteiger partial charge on any atom is -0.280 e. The van der Waals surface area contributed by atoms with E-state index in [1.54, 1.807) is 0 Å². The molecule has 3 rings (SSSR count). The molecule has 1 aliphatic heterocycles. The van der Waals surface area contributed by atoms with Crippen molar-refractivity contribution >= 4 is 43.2 Å². The number of hydrogen-bond donors (Lipinski definition) is 2. The first kappa shape index (κ1) is 20.6. The van der Waals surface area contributed by atoms with E-state index in [4.69, 9.17) is 11.6 Å². The average Bonchev–Trinajstić information content (AvgIpc) is 2.90. The fourth-order valence-electron chi connectivity index (χ4n) is 2.66. The fourth-order valence-corrected chi connectivity index (χ4v) is 5.26. The van der Waals surface area contributed by atoms with Crippen LogP contribution in [-0.4, -0.2) is 34.2 Å². The number of sulfonamides is 2. The van der Waals surface area contributed by atoms with Gasteiger partial charge in [-0.05, 0) is 49.2 Å². The number of aliphatic imine (C=N–C) groups is 1. The van der Waals surface area contributed by atoms with E-state index < -0.39 is 20.0 Å². The highest BCUT2D eigenvalue weighted by Gasteiger charge is 2.20. The first-order valence-electron chi connectivity index (χ1n) is 8.57. The zero-order valence-electron chi connectivity index (χ0n) is 14.8. The highest BCUT2D eigenvalue weighted by Crippen LogP contribution is 2.22. The Hall–Kier alpha value is -2.17. The number of pyridine rings is 1. The number of anilines is 1. The Morgan fingerprint density at radius 3 is 2.36 bits per heavy atom. The Balaban J connectivity index is 1.76. The summed E-state index contributed by atoms with van der Waals surface area (Å²) in [4.78, 5) is 7.85. The van der Waals surface area contributed by atoms with E-state index in [1.165, 1.54) is 42.6 Å². The van der Waals surface area contributed by atoms with Gasteiger partial charge >= 0.3 is 0 Å². The van der Waals surface area contributed by atoms with Crippen LogP contribution in [0.3, 0.4) is 0 Å². The third-order valence-electron chi connectivity index (χ3n) is 4.06. The van der Waals surface area contributed by atoms with Gasteiger partial charge in [-0.3, -0.25) is 14.4 Å². The Bertz CT molecular complexity index is 1080. The molecule has 28 heavy (non-hydrogen) atoms. The van der Waals surface area contributed by atoms with Crippen molar-refractivity contribution in [2.75, 3.05) is 11.3 Å². The maximum Gasteiger partial charge on any atom is 0.264 e. The standard InChI is InChI=1S/C17H19ClN4O4S2/c18-17-15(5-4-12-20-17)28(25,26)21-13-7-9-14(10-8-13)27(23,24)22-16-6-2-1-3-11-19-16/h4-5,7-10,12,21H,1-3,6,11H2,(H,19,22). The summed E-state index contributed by atoms with van der Waals surface area (Å²) in [6.07, 6.45) is 4.82. The second-order valence-corrected chi connectivity index (χ2v) is 9.86. The van der Waals surface area contributed by atoms with E-state index in [1.807, 2.05) is 0 Å². The Morgan fingerprint density at radius 1 is 0.893 bits per heavy atom. The number of nitrogens with one attached hydrogen (secondary N) is 2. The number of rotatable bonds is 5. The normalized spacial score (nSPS) is 15.4. The predicted molar refractivity (Wildman–Crippen MR) is 108 cm³/mol. The Kier molecular flexibility index (Phi) is 6.21. The predicted octanol–water partition coefficient (Wildman–Crippen LogP) is 2.79. The molecule has 8 nitrogen and oxygen atoms in total. The quantitative estimate of drug-likeness (QED) is 0.690. The van der Waals surface area contributed by atoms with Crippen LogP contribution in [0.4, 0.5) is 5.69 Å². The van der Waals surface area contributed by atoms with Crippen molar-refractivity contribution in [2.24, 2.45) is 4.99 Å². The topological polar surface area (TPSA) is 118 Å². The lowest BCUT2D eigenvalue weighted by Crippen LogP contribution is -2.30. The van der Waals surface area contributed by atoms with Gasteiger partial charge in [-0.2, -0.15) is 0 Å². The molecule has 0 saturated heterocycles. The zero-order chi connectivity index (χ0) is 20.2. The first-order valence-corrected chi connectivity index (χ1v) is 11.9. The molecular weight excluding hydrogens is 424 g/mol. The molecule has 11 heteroatoms. The number of amidine groups is 1. The molecule has 150 valence electrons. The van der Waals surface area contributed by atoms with E-state index in [9.17, 15) is 16.8 Å². The molecular formula is C17H19ClN4O4S2. The third-order valence-corrected chi connectivity index (χ3v) is 7.28. The van der Waals surface area contributed by atoms with Gasteiger partial charge in [0.2, 0.25) is 0 Å². The van der Waals surface area contributed by atoms with Crippen LogP contribution in [-0.2, 0) is 20.0 Å². The lowest BCUT2D eigenvalue weighted by molar-refractivity contribution is 0.591. The van der Waals surface area contributed by atoms with Gasteiger partial charge < -0.3 is 0 Å². The second-order valence-electron chi connectivity index (χ2n) is 6.17. The summed E-state index contributed by atoms with van der Waals surface area (Å²) in [7, 11) is -7.73. The van der Waals surface area contributed by atoms with Crippen LogP contribution < -0.4 is 9.44 Å². The number of halogens is 1. The van der Waals surface area contributed by atoms with Gasteiger partial charge in [-0.15, -0.1) is 0 Å². The summed E-state index contributed by atoms with van der Waals surface area (Å²) < 4.78 is 54.7. The zero-order valence-corrected chi connectivity index (χ0v) is 17.2. The molecule has 0 spiro atoms. The number of benzene rings is 1. The molecule has 2 N–H and O–H groups in total. The smallest absolute Gasteiger partial charge is 0.264 e. The van der Waals surface area contributed by atoms with Gasteiger partial charge in [-0.1, -0.05) is 18.0 Å². The summed E-state index contributed by atoms with van der Waals surface area (Å²) in [5.74, 6) is 0.452. The van der Waals surface area contributed by atoms with Gasteiger partial charge in [0.05, 0.1) is 4.90 Å². The van der Waals surface area contributed by atoms with E-state index in [-0.39, 0.29) is 20.6 Å². The minimum atomic E-state index is -3.95. The van der Waals surface area contributed by atoms with Crippen LogP contribution in [0.1, 0.15) is 25.7 Å². The van der Waals surface area contributed by atoms with Crippen molar-refractivity contribution in [3.63, 3.8) is 0 Å². The molecule has 0 bridgehead atoms. The van der Waals surface area contributed by atoms with Crippen molar-refractivity contribution in [3.05, 3.63) is 47.7 Å². The Morgan fingerprint density at radius 2 is 1.64 bits per heavy atom. The van der Waals surface area contributed by atoms with Crippen molar-refractivity contribution < 1.29 is 16.8 Å². The Labute approximate surface area is 169 Å². The van der Waals surface area contributed by atoms with Crippen LogP contribution in [0.25, 0.3) is 0 Å². The number of nitrogens with zero attached hydrogens (tertiary/aromatic N) is 2. The molecule has 0 unspecified atom stereocenters. The van der Waals surface area contributed by atoms with E-state index >= 15 is 0 Å². The lowest BCUT2D eigenvalue weighted by Gasteiger charge is -2.11. The summed E-state index contributed by atoms with van der Waals surface area (Å²) in [6, 6.07) is 8.16. The number of aromatic nitrogens is 1. The first-order chi connectivity index (χ1) is 13.3. The highest BCUT2D eigenvalue weighted by atomic mass is 35.5. The summed E-state index contributed by atoms with van der Waals surface area (Å²) in [5, 5.41) is -0.150. The van der Waals surface area contributed by atoms with Crippen LogP contribution in [0.5, 0.6) is 0 Å². The van der Waals surface area contributed by atoms with Crippen molar-refractivity contribution in [1.29, 1.82) is 0 Å². The molecule has 0 aliphatic carbocycles. The molecule has 1 aliphatic rings. The fraction of sp³-hybridized carbons (Fsp3) is 0.294. The molecule has 0 saturated carbocycles. The van der Waals surface area contributed by atoms with Crippen LogP contribution in [0, 0.1) is 0 Å². The molecule has 2 heterocycles. The van der Waals surface area contributed by atoms with Crippen LogP contribution in [0.15, 0.2) is 57.4 Å². The molecule has 0 atom stereocenters. The molecule has 2 aromatic rings. The lowest BCUT2D eigenvalue weighted by atomic mass is 10.2. The van der Waals surface area contributed by atoms with Crippen LogP contribution >= 0.6 is 11.6 Å². The maximum atomic E-state index is 12.5. The highest BCUT2D eigenvalue weighted by molar-refractivity contribution is 7.92. The van der Waals surface area contributed by atoms with E-state index in [0.717, 1.165) is 19.3 Å². The van der Waals surface area contributed by atoms with Gasteiger partial charge in [-0.25, -0.2) is 21.8 Å². The summed E-state index contributed by atoms with van der Waals surface area (Å²) in [5.41, 5.74) is 0.200. The largest absolute Gasteiger partial charge is 0.280 e. The van der Waals surface area contributed by atoms with Gasteiger partial charge in [0.1, 0.15) is 15.9 Å². The van der Waals surface area contributed by atoms with Gasteiger partial charge in [0, 0.05) is 24.8 Å². The maximum absolute atomic E-state index is 12.5. The monoisotopic (exact) mass is 442 g/mol. The number of hydrogen-bond acceptors (Lipinski definition) is 6. The van der Waals surface area contributed by atoms with Crippen LogP contribution in [0.2, 0.25) is 5.15 Å². The molecule has 1 aromatic heterocycles. The van der Waals surface area contributed by atoms with E-state index in [2.05, 4.69) is 19.4 Å². The molecule has 1 aromatic carbocycles. The third kappa shape index (κ3) is 5.00. The average molecular weight is 443 g/mol.